The van der Waals surface area contributed by atoms with Crippen molar-refractivity contribution in [1.82, 2.24) is 10.3 Å². The number of anilines is 2. The monoisotopic (exact) mass is 388 g/mol. The van der Waals surface area contributed by atoms with Crippen LogP contribution in [0.2, 0.25) is 0 Å². The van der Waals surface area contributed by atoms with Crippen molar-refractivity contribution in [3.8, 4) is 0 Å². The zero-order chi connectivity index (χ0) is 19.4. The van der Waals surface area contributed by atoms with Gasteiger partial charge < -0.3 is 20.7 Å². The number of benzene rings is 1. The SMILES string of the molecule is CCOC(=O)c1csc(NC(=O)C[C@H]2NC(=O)c3ccccc3NC2=O)n1. The van der Waals surface area contributed by atoms with Crippen molar-refractivity contribution in [2.75, 3.05) is 17.2 Å². The van der Waals surface area contributed by atoms with Gasteiger partial charge in [-0.15, -0.1) is 11.3 Å². The molecule has 0 bridgehead atoms. The number of thiazole rings is 1. The van der Waals surface area contributed by atoms with E-state index in [-0.39, 0.29) is 23.9 Å². The van der Waals surface area contributed by atoms with Gasteiger partial charge in [-0.3, -0.25) is 14.4 Å². The summed E-state index contributed by atoms with van der Waals surface area (Å²) in [6.45, 7) is 1.90. The largest absolute Gasteiger partial charge is 0.461 e. The maximum Gasteiger partial charge on any atom is 0.357 e. The number of fused-ring (bicyclic) bond motifs is 1. The smallest absolute Gasteiger partial charge is 0.357 e. The van der Waals surface area contributed by atoms with E-state index in [1.165, 1.54) is 5.38 Å². The van der Waals surface area contributed by atoms with E-state index >= 15 is 0 Å². The van der Waals surface area contributed by atoms with Crippen LogP contribution in [0.15, 0.2) is 29.6 Å². The first kappa shape index (κ1) is 18.5. The molecule has 0 radical (unpaired) electrons. The second-order valence-corrected chi connectivity index (χ2v) is 6.43. The molecule has 1 aliphatic heterocycles. The highest BCUT2D eigenvalue weighted by atomic mass is 32.1. The number of carbonyl (C=O) groups excluding carboxylic acids is 4. The lowest BCUT2D eigenvalue weighted by Crippen LogP contribution is -2.43. The Balaban J connectivity index is 1.64. The summed E-state index contributed by atoms with van der Waals surface area (Å²) in [6.07, 6.45) is -0.278. The second kappa shape index (κ2) is 7.96. The third-order valence-corrected chi connectivity index (χ3v) is 4.43. The number of hydrogen-bond acceptors (Lipinski definition) is 7. The Morgan fingerprint density at radius 2 is 2.07 bits per heavy atom. The van der Waals surface area contributed by atoms with E-state index in [0.29, 0.717) is 11.3 Å². The minimum atomic E-state index is -1.03. The van der Waals surface area contributed by atoms with Gasteiger partial charge in [-0.25, -0.2) is 9.78 Å². The average Bonchev–Trinajstić information content (AvgIpc) is 3.05. The molecule has 3 N–H and O–H groups in total. The van der Waals surface area contributed by atoms with Crippen LogP contribution in [0.3, 0.4) is 0 Å². The number of esters is 1. The third-order valence-electron chi connectivity index (χ3n) is 3.68. The van der Waals surface area contributed by atoms with Crippen LogP contribution in [0.1, 0.15) is 34.2 Å². The first-order valence-electron chi connectivity index (χ1n) is 8.11. The summed E-state index contributed by atoms with van der Waals surface area (Å²) in [7, 11) is 0. The van der Waals surface area contributed by atoms with Gasteiger partial charge in [0.2, 0.25) is 11.8 Å². The number of ether oxygens (including phenoxy) is 1. The molecule has 0 unspecified atom stereocenters. The maximum absolute atomic E-state index is 12.3. The lowest BCUT2D eigenvalue weighted by molar-refractivity contribution is -0.122. The third kappa shape index (κ3) is 4.29. The van der Waals surface area contributed by atoms with Crippen molar-refractivity contribution in [2.45, 2.75) is 19.4 Å². The van der Waals surface area contributed by atoms with Crippen molar-refractivity contribution in [2.24, 2.45) is 0 Å². The van der Waals surface area contributed by atoms with Crippen LogP contribution in [-0.4, -0.2) is 41.3 Å². The molecule has 0 aliphatic carbocycles. The number of amides is 3. The highest BCUT2D eigenvalue weighted by molar-refractivity contribution is 7.14. The molecule has 0 spiro atoms. The zero-order valence-corrected chi connectivity index (χ0v) is 15.1. The first-order valence-corrected chi connectivity index (χ1v) is 8.99. The minimum Gasteiger partial charge on any atom is -0.461 e. The topological polar surface area (TPSA) is 126 Å². The quantitative estimate of drug-likeness (QED) is 0.665. The summed E-state index contributed by atoms with van der Waals surface area (Å²) in [5, 5.41) is 9.34. The van der Waals surface area contributed by atoms with Gasteiger partial charge >= 0.3 is 5.97 Å². The van der Waals surface area contributed by atoms with Gasteiger partial charge in [0.05, 0.1) is 24.3 Å². The molecule has 2 heterocycles. The van der Waals surface area contributed by atoms with Crippen LogP contribution < -0.4 is 16.0 Å². The molecule has 3 amide bonds. The predicted octanol–water partition coefficient (Wildman–Crippen LogP) is 1.40. The van der Waals surface area contributed by atoms with Crippen LogP contribution in [0.25, 0.3) is 0 Å². The van der Waals surface area contributed by atoms with Crippen LogP contribution in [0.4, 0.5) is 10.8 Å². The van der Waals surface area contributed by atoms with E-state index < -0.39 is 29.7 Å². The molecule has 3 rings (SSSR count). The highest BCUT2D eigenvalue weighted by Gasteiger charge is 2.29. The molecular weight excluding hydrogens is 372 g/mol. The molecule has 27 heavy (non-hydrogen) atoms. The van der Waals surface area contributed by atoms with Gasteiger partial charge in [0.1, 0.15) is 6.04 Å². The zero-order valence-electron chi connectivity index (χ0n) is 14.3. The lowest BCUT2D eigenvalue weighted by atomic mass is 10.1. The molecule has 1 atom stereocenters. The molecule has 140 valence electrons. The number of nitrogens with zero attached hydrogens (tertiary/aromatic N) is 1. The molecule has 2 aromatic rings. The fourth-order valence-electron chi connectivity index (χ4n) is 2.44. The summed E-state index contributed by atoms with van der Waals surface area (Å²) in [5.41, 5.74) is 0.808. The summed E-state index contributed by atoms with van der Waals surface area (Å²) >= 11 is 1.06. The Hall–Kier alpha value is -3.27. The maximum atomic E-state index is 12.3. The number of hydrogen-bond donors (Lipinski definition) is 3. The molecule has 0 saturated heterocycles. The van der Waals surface area contributed by atoms with E-state index in [2.05, 4.69) is 20.9 Å². The molecule has 1 aromatic carbocycles. The van der Waals surface area contributed by atoms with Gasteiger partial charge in [-0.1, -0.05) is 12.1 Å². The number of rotatable bonds is 5. The van der Waals surface area contributed by atoms with Crippen molar-refractivity contribution in [1.29, 1.82) is 0 Å². The van der Waals surface area contributed by atoms with Gasteiger partial charge in [0, 0.05) is 5.38 Å². The Bertz CT molecular complexity index is 910. The number of para-hydroxylation sites is 1. The number of nitrogens with one attached hydrogen (secondary N) is 3. The molecule has 9 nitrogen and oxygen atoms in total. The lowest BCUT2D eigenvalue weighted by Gasteiger charge is -2.13. The van der Waals surface area contributed by atoms with E-state index in [4.69, 9.17) is 4.74 Å². The average molecular weight is 388 g/mol. The van der Waals surface area contributed by atoms with Crippen molar-refractivity contribution in [3.05, 3.63) is 40.9 Å². The van der Waals surface area contributed by atoms with Crippen LogP contribution in [0.5, 0.6) is 0 Å². The Kier molecular flexibility index (Phi) is 5.46. The molecule has 0 saturated carbocycles. The van der Waals surface area contributed by atoms with Crippen LogP contribution in [0, 0.1) is 0 Å². The second-order valence-electron chi connectivity index (χ2n) is 5.57. The van der Waals surface area contributed by atoms with Gasteiger partial charge in [0.25, 0.3) is 5.91 Å². The van der Waals surface area contributed by atoms with Crippen LogP contribution >= 0.6 is 11.3 Å². The molecule has 1 aliphatic rings. The fourth-order valence-corrected chi connectivity index (χ4v) is 3.14. The normalized spacial score (nSPS) is 15.8. The van der Waals surface area contributed by atoms with Crippen molar-refractivity contribution >= 4 is 45.8 Å². The van der Waals surface area contributed by atoms with Crippen molar-refractivity contribution < 1.29 is 23.9 Å². The van der Waals surface area contributed by atoms with E-state index in [9.17, 15) is 19.2 Å². The number of carbonyl (C=O) groups is 4. The van der Waals surface area contributed by atoms with Crippen LogP contribution in [-0.2, 0) is 14.3 Å². The van der Waals surface area contributed by atoms with Gasteiger partial charge in [0.15, 0.2) is 10.8 Å². The predicted molar refractivity (Wildman–Crippen MR) is 97.6 cm³/mol. The summed E-state index contributed by atoms with van der Waals surface area (Å²) in [4.78, 5) is 52.3. The summed E-state index contributed by atoms with van der Waals surface area (Å²) in [5.74, 6) is -2.04. The fraction of sp³-hybridized carbons (Fsp3) is 0.235. The van der Waals surface area contributed by atoms with E-state index in [1.54, 1.807) is 31.2 Å². The molecule has 10 heteroatoms. The Labute approximate surface area is 158 Å². The molecule has 0 fully saturated rings. The van der Waals surface area contributed by atoms with Gasteiger partial charge in [-0.2, -0.15) is 0 Å². The minimum absolute atomic E-state index is 0.0908. The van der Waals surface area contributed by atoms with Gasteiger partial charge in [-0.05, 0) is 19.1 Å². The Morgan fingerprint density at radius 3 is 2.85 bits per heavy atom. The standard InChI is InChI=1S/C17H16N4O5S/c1-2-26-16(25)12-8-27-17(20-12)21-13(22)7-11-15(24)18-10-6-4-3-5-9(10)14(23)19-11/h3-6,8,11H,2,7H2,1H3,(H,18,24)(H,19,23)(H,20,21,22)/t11-/m1/s1. The molecule has 1 aromatic heterocycles. The van der Waals surface area contributed by atoms with E-state index in [1.807, 2.05) is 0 Å². The van der Waals surface area contributed by atoms with Crippen molar-refractivity contribution in [3.63, 3.8) is 0 Å². The summed E-state index contributed by atoms with van der Waals surface area (Å²) in [6, 6.07) is 5.54. The molecular formula is C17H16N4O5S. The first-order chi connectivity index (χ1) is 13.0. The highest BCUT2D eigenvalue weighted by Crippen LogP contribution is 2.20. The Morgan fingerprint density at radius 1 is 1.30 bits per heavy atom. The number of aromatic nitrogens is 1. The van der Waals surface area contributed by atoms with E-state index in [0.717, 1.165) is 11.3 Å². The summed E-state index contributed by atoms with van der Waals surface area (Å²) < 4.78 is 4.83.